The average molecular weight is 835 g/mol. The standard InChI is InChI=1S/C34H44IN8O7P/c1-24(2)42(25(3)4)51(48-18-8-15-36)49-20-17-41(16-19-47-50-35)29-12-10-28(11-13-29)37-40-32-22-27(6)31(23-34(32)46-7)39-38-30-14-9-26(5)21-33(30)43(44)45/h9-14,21-25H,8,16-20H2,1-7H3/b39-38+,40-37+. The van der Waals surface area contributed by atoms with E-state index >= 15 is 0 Å². The molecule has 0 aliphatic carbocycles. The quantitative estimate of drug-likeness (QED) is 0.0191. The molecule has 0 fully saturated rings. The van der Waals surface area contributed by atoms with Crippen molar-refractivity contribution in [3.8, 4) is 11.8 Å². The molecule has 3 rings (SSSR count). The highest BCUT2D eigenvalue weighted by atomic mass is 127. The van der Waals surface area contributed by atoms with Crippen LogP contribution in [0.25, 0.3) is 0 Å². The first-order valence-electron chi connectivity index (χ1n) is 16.2. The van der Waals surface area contributed by atoms with E-state index in [2.05, 4.69) is 63.8 Å². The summed E-state index contributed by atoms with van der Waals surface area (Å²) in [7, 11) is 0.150. The van der Waals surface area contributed by atoms with Crippen molar-refractivity contribution in [1.29, 1.82) is 5.26 Å². The number of hydrogen-bond donors (Lipinski definition) is 0. The molecule has 0 aliphatic rings. The number of nitrogens with zero attached hydrogens (tertiary/aromatic N) is 8. The van der Waals surface area contributed by atoms with E-state index in [9.17, 15) is 10.1 Å². The lowest BCUT2D eigenvalue weighted by Gasteiger charge is -2.36. The van der Waals surface area contributed by atoms with Crippen molar-refractivity contribution >= 4 is 65.7 Å². The van der Waals surface area contributed by atoms with Crippen LogP contribution in [0, 0.1) is 35.3 Å². The molecule has 17 heteroatoms. The Balaban J connectivity index is 1.75. The van der Waals surface area contributed by atoms with Crippen molar-refractivity contribution in [2.24, 2.45) is 20.5 Å². The predicted octanol–water partition coefficient (Wildman–Crippen LogP) is 10.4. The van der Waals surface area contributed by atoms with Gasteiger partial charge in [0.2, 0.25) is 0 Å². The number of methoxy groups -OCH3 is 1. The molecule has 274 valence electrons. The molecule has 0 amide bonds. The van der Waals surface area contributed by atoms with E-state index in [1.165, 1.54) is 13.2 Å². The molecule has 3 aromatic carbocycles. The molecule has 1 unspecified atom stereocenters. The van der Waals surface area contributed by atoms with Crippen LogP contribution in [0.5, 0.6) is 5.75 Å². The first-order valence-corrected chi connectivity index (χ1v) is 18.2. The predicted molar refractivity (Wildman–Crippen MR) is 205 cm³/mol. The van der Waals surface area contributed by atoms with Gasteiger partial charge in [-0.15, -0.1) is 15.3 Å². The van der Waals surface area contributed by atoms with Crippen LogP contribution in [0.3, 0.4) is 0 Å². The van der Waals surface area contributed by atoms with Crippen LogP contribution in [-0.4, -0.2) is 61.7 Å². The van der Waals surface area contributed by atoms with E-state index in [0.29, 0.717) is 62.1 Å². The van der Waals surface area contributed by atoms with E-state index in [1.54, 1.807) is 54.2 Å². The topological polar surface area (TPSA) is 169 Å². The van der Waals surface area contributed by atoms with Crippen LogP contribution in [0.1, 0.15) is 45.2 Å². The molecule has 0 N–H and O–H groups in total. The Kier molecular flexibility index (Phi) is 17.7. The number of nitro groups is 1. The average Bonchev–Trinajstić information content (AvgIpc) is 3.09. The second kappa shape index (κ2) is 21.6. The minimum atomic E-state index is -1.36. The molecule has 0 heterocycles. The normalized spacial score (nSPS) is 12.4. The third kappa shape index (κ3) is 13.1. The second-order valence-electron chi connectivity index (χ2n) is 11.7. The Morgan fingerprint density at radius 1 is 0.882 bits per heavy atom. The summed E-state index contributed by atoms with van der Waals surface area (Å²) in [6, 6.07) is 18.3. The molecule has 3 aromatic rings. The van der Waals surface area contributed by atoms with Gasteiger partial charge in [-0.1, -0.05) is 6.07 Å². The third-order valence-corrected chi connectivity index (χ3v) is 9.65. The second-order valence-corrected chi connectivity index (χ2v) is 13.5. The zero-order chi connectivity index (χ0) is 37.3. The van der Waals surface area contributed by atoms with Crippen molar-refractivity contribution in [2.75, 3.05) is 44.9 Å². The molecular weight excluding hydrogens is 790 g/mol. The van der Waals surface area contributed by atoms with E-state index in [4.69, 9.17) is 27.2 Å². The number of anilines is 1. The van der Waals surface area contributed by atoms with E-state index in [-0.39, 0.29) is 23.5 Å². The molecule has 0 aliphatic heterocycles. The number of hydrogen-bond acceptors (Lipinski definition) is 14. The molecule has 0 saturated heterocycles. The first-order chi connectivity index (χ1) is 24.5. The largest absolute Gasteiger partial charge is 0.494 e. The van der Waals surface area contributed by atoms with Gasteiger partial charge in [-0.3, -0.25) is 10.1 Å². The Hall–Kier alpha value is -3.69. The molecule has 0 radical (unpaired) electrons. The van der Waals surface area contributed by atoms with Gasteiger partial charge in [0, 0.05) is 43.0 Å². The van der Waals surface area contributed by atoms with Crippen molar-refractivity contribution < 1.29 is 26.8 Å². The fourth-order valence-electron chi connectivity index (χ4n) is 4.92. The molecule has 1 atom stereocenters. The number of benzene rings is 3. The zero-order valence-electron chi connectivity index (χ0n) is 29.9. The summed E-state index contributed by atoms with van der Waals surface area (Å²) in [5, 5.41) is 37.7. The maximum atomic E-state index is 11.5. The summed E-state index contributed by atoms with van der Waals surface area (Å²) in [5.74, 6) is 0.419. The van der Waals surface area contributed by atoms with Crippen molar-refractivity contribution in [3.63, 3.8) is 0 Å². The van der Waals surface area contributed by atoms with Crippen LogP contribution in [0.4, 0.5) is 34.1 Å². The molecule has 0 saturated carbocycles. The lowest BCUT2D eigenvalue weighted by atomic mass is 10.1. The summed E-state index contributed by atoms with van der Waals surface area (Å²) < 4.78 is 24.8. The van der Waals surface area contributed by atoms with Gasteiger partial charge in [0.05, 0.1) is 49.1 Å². The smallest absolute Gasteiger partial charge is 0.296 e. The van der Waals surface area contributed by atoms with Gasteiger partial charge in [-0.2, -0.15) is 13.6 Å². The van der Waals surface area contributed by atoms with Crippen LogP contribution < -0.4 is 9.64 Å². The van der Waals surface area contributed by atoms with E-state index in [1.807, 2.05) is 31.2 Å². The molecule has 15 nitrogen and oxygen atoms in total. The number of rotatable bonds is 21. The SMILES string of the molecule is COc1cc(/N=N/c2ccc(C)cc2[N+](=O)[O-])c(C)cc1/N=N/c1ccc(N(CCOOI)CCOP(OCCC#N)N(C(C)C)C(C)C)cc1. The summed E-state index contributed by atoms with van der Waals surface area (Å²) in [4.78, 5) is 18.3. The molecule has 51 heavy (non-hydrogen) atoms. The summed E-state index contributed by atoms with van der Waals surface area (Å²) in [6.07, 6.45) is 0.294. The summed E-state index contributed by atoms with van der Waals surface area (Å²) in [5.41, 5.74) is 4.04. The van der Waals surface area contributed by atoms with Crippen LogP contribution >= 0.6 is 31.5 Å². The molecule has 0 aromatic heterocycles. The highest BCUT2D eigenvalue weighted by Gasteiger charge is 2.27. The highest BCUT2D eigenvalue weighted by molar-refractivity contribution is 14.1. The van der Waals surface area contributed by atoms with Crippen LogP contribution in [0.2, 0.25) is 0 Å². The summed E-state index contributed by atoms with van der Waals surface area (Å²) >= 11 is 1.69. The maximum absolute atomic E-state index is 11.5. The minimum absolute atomic E-state index is 0.119. The van der Waals surface area contributed by atoms with Crippen LogP contribution in [-0.2, 0) is 17.2 Å². The number of nitriles is 1. The lowest BCUT2D eigenvalue weighted by molar-refractivity contribution is -0.384. The number of ether oxygens (including phenoxy) is 1. The third-order valence-electron chi connectivity index (χ3n) is 7.29. The van der Waals surface area contributed by atoms with Gasteiger partial charge < -0.3 is 18.7 Å². The number of halogens is 1. The van der Waals surface area contributed by atoms with E-state index in [0.717, 1.165) is 16.8 Å². The van der Waals surface area contributed by atoms with E-state index < -0.39 is 13.4 Å². The Labute approximate surface area is 314 Å². The van der Waals surface area contributed by atoms with Gasteiger partial charge in [-0.05, 0) is 89.1 Å². The van der Waals surface area contributed by atoms with Gasteiger partial charge in [0.15, 0.2) is 28.7 Å². The number of aryl methyl sites for hydroxylation is 2. The number of nitro benzene ring substituents is 1. The lowest BCUT2D eigenvalue weighted by Crippen LogP contribution is -2.35. The molecular formula is C34H44IN8O7P. The molecule has 0 bridgehead atoms. The van der Waals surface area contributed by atoms with Gasteiger partial charge in [0.1, 0.15) is 18.0 Å². The van der Waals surface area contributed by atoms with Crippen molar-refractivity contribution in [2.45, 2.75) is 60.0 Å². The van der Waals surface area contributed by atoms with Crippen molar-refractivity contribution in [3.05, 3.63) is 75.8 Å². The highest BCUT2D eigenvalue weighted by Crippen LogP contribution is 2.46. The number of azo groups is 2. The Morgan fingerprint density at radius 2 is 1.53 bits per heavy atom. The van der Waals surface area contributed by atoms with Gasteiger partial charge >= 0.3 is 0 Å². The Morgan fingerprint density at radius 3 is 2.16 bits per heavy atom. The maximum Gasteiger partial charge on any atom is 0.296 e. The summed E-state index contributed by atoms with van der Waals surface area (Å²) in [6.45, 7) is 14.1. The molecule has 0 spiro atoms. The van der Waals surface area contributed by atoms with Crippen molar-refractivity contribution in [1.82, 2.24) is 4.67 Å². The first kappa shape index (κ1) is 41.7. The minimum Gasteiger partial charge on any atom is -0.494 e. The zero-order valence-corrected chi connectivity index (χ0v) is 32.9. The fraction of sp³-hybridized carbons (Fsp3) is 0.441. The van der Waals surface area contributed by atoms with Gasteiger partial charge in [-0.25, -0.2) is 9.56 Å². The fourth-order valence-corrected chi connectivity index (χ4v) is 6.68. The van der Waals surface area contributed by atoms with Crippen LogP contribution in [0.15, 0.2) is 75.1 Å². The van der Waals surface area contributed by atoms with Gasteiger partial charge in [0.25, 0.3) is 14.2 Å². The monoisotopic (exact) mass is 834 g/mol. The Bertz CT molecular complexity index is 1660.